The fourth-order valence-electron chi connectivity index (χ4n) is 1.97. The van der Waals surface area contributed by atoms with Gasteiger partial charge in [0.05, 0.1) is 12.0 Å². The fraction of sp³-hybridized carbons (Fsp3) is 0.188. The van der Waals surface area contributed by atoms with E-state index in [4.69, 9.17) is 0 Å². The molecule has 7 nitrogen and oxygen atoms in total. The number of hydrogen-bond donors (Lipinski definition) is 1. The van der Waals surface area contributed by atoms with Crippen molar-refractivity contribution in [1.29, 1.82) is 0 Å². The quantitative estimate of drug-likeness (QED) is 0.740. The molecule has 0 unspecified atom stereocenters. The minimum atomic E-state index is -3.89. The van der Waals surface area contributed by atoms with Crippen molar-refractivity contribution in [2.45, 2.75) is 11.5 Å². The molecule has 140 valence electrons. The van der Waals surface area contributed by atoms with Gasteiger partial charge in [-0.25, -0.2) is 8.42 Å². The maximum atomic E-state index is 12.3. The summed E-state index contributed by atoms with van der Waals surface area (Å²) < 4.78 is 53.6. The maximum absolute atomic E-state index is 12.3. The number of alkyl halides is 2. The van der Waals surface area contributed by atoms with E-state index in [0.29, 0.717) is 10.2 Å². The van der Waals surface area contributed by atoms with Crippen LogP contribution in [0.5, 0.6) is 5.75 Å². The Hall–Kier alpha value is -2.56. The first-order chi connectivity index (χ1) is 12.2. The zero-order valence-corrected chi connectivity index (χ0v) is 14.7. The highest BCUT2D eigenvalue weighted by Crippen LogP contribution is 2.20. The second-order valence-corrected chi connectivity index (χ2v) is 6.92. The summed E-state index contributed by atoms with van der Waals surface area (Å²) in [6, 6.07) is 10.7. The summed E-state index contributed by atoms with van der Waals surface area (Å²) >= 11 is 0. The van der Waals surface area contributed by atoms with Crippen LogP contribution in [0.2, 0.25) is 0 Å². The third-order valence-electron chi connectivity index (χ3n) is 3.33. The lowest BCUT2D eigenvalue weighted by Crippen LogP contribution is -2.26. The van der Waals surface area contributed by atoms with Crippen molar-refractivity contribution in [2.75, 3.05) is 19.5 Å². The highest BCUT2D eigenvalue weighted by molar-refractivity contribution is 7.89. The Morgan fingerprint density at radius 3 is 2.38 bits per heavy atom. The summed E-state index contributed by atoms with van der Waals surface area (Å²) in [5, 5.41) is 2.54. The summed E-state index contributed by atoms with van der Waals surface area (Å²) in [7, 11) is -1.46. The van der Waals surface area contributed by atoms with Gasteiger partial charge < -0.3 is 10.1 Å². The molecule has 0 bridgehead atoms. The van der Waals surface area contributed by atoms with E-state index in [0.717, 1.165) is 0 Å². The molecule has 0 aliphatic carbocycles. The van der Waals surface area contributed by atoms with Crippen LogP contribution >= 0.6 is 0 Å². The van der Waals surface area contributed by atoms with Crippen molar-refractivity contribution in [3.63, 3.8) is 0 Å². The average molecular weight is 386 g/mol. The predicted octanol–water partition coefficient (Wildman–Crippen LogP) is 2.72. The number of benzene rings is 2. The maximum Gasteiger partial charge on any atom is 0.387 e. The van der Waals surface area contributed by atoms with Gasteiger partial charge in [0.15, 0.2) is 0 Å². The van der Waals surface area contributed by atoms with Crippen LogP contribution in [-0.4, -0.2) is 39.6 Å². The van der Waals surface area contributed by atoms with Gasteiger partial charge in [-0.05, 0) is 42.5 Å². The second kappa shape index (κ2) is 8.21. The standard InChI is InChI=1S/C16H16F2N2O5S/c1-20(24-2)26(22,23)14-5-3-4-11(10-14)15(21)19-12-6-8-13(9-7-12)25-16(17)18/h3-10,16H,1-2H3,(H,19,21). The van der Waals surface area contributed by atoms with Gasteiger partial charge in [0.1, 0.15) is 5.75 Å². The van der Waals surface area contributed by atoms with Crippen molar-refractivity contribution in [3.8, 4) is 5.75 Å². The van der Waals surface area contributed by atoms with Gasteiger partial charge in [0, 0.05) is 18.3 Å². The second-order valence-electron chi connectivity index (χ2n) is 4.98. The topological polar surface area (TPSA) is 84.9 Å². The predicted molar refractivity (Wildman–Crippen MR) is 89.4 cm³/mol. The molecule has 2 rings (SSSR count). The molecule has 0 aliphatic rings. The number of hydrogen-bond acceptors (Lipinski definition) is 5. The Morgan fingerprint density at radius 2 is 1.81 bits per heavy atom. The van der Waals surface area contributed by atoms with Crippen LogP contribution in [0.3, 0.4) is 0 Å². The fourth-order valence-corrected chi connectivity index (χ4v) is 2.99. The van der Waals surface area contributed by atoms with Crippen LogP contribution in [0.25, 0.3) is 0 Å². The molecule has 0 spiro atoms. The van der Waals surface area contributed by atoms with E-state index >= 15 is 0 Å². The lowest BCUT2D eigenvalue weighted by molar-refractivity contribution is -0.0498. The van der Waals surface area contributed by atoms with Crippen LogP contribution in [0.4, 0.5) is 14.5 Å². The molecule has 1 N–H and O–H groups in total. The molecule has 1 amide bonds. The first kappa shape index (κ1) is 19.8. The summed E-state index contributed by atoms with van der Waals surface area (Å²) in [6.45, 7) is -2.94. The molecular weight excluding hydrogens is 370 g/mol. The van der Waals surface area contributed by atoms with Crippen molar-refractivity contribution >= 4 is 21.6 Å². The Kier molecular flexibility index (Phi) is 6.24. The minimum Gasteiger partial charge on any atom is -0.435 e. The molecule has 0 heterocycles. The van der Waals surface area contributed by atoms with Gasteiger partial charge >= 0.3 is 6.61 Å². The number of sulfonamides is 1. The molecule has 0 fully saturated rings. The van der Waals surface area contributed by atoms with Crippen LogP contribution in [-0.2, 0) is 14.9 Å². The molecule has 0 saturated carbocycles. The van der Waals surface area contributed by atoms with Crippen LogP contribution < -0.4 is 10.1 Å². The number of carbonyl (C=O) groups is 1. The minimum absolute atomic E-state index is 0.0475. The number of hydroxylamine groups is 1. The molecular formula is C16H16F2N2O5S. The zero-order chi connectivity index (χ0) is 19.3. The Morgan fingerprint density at radius 1 is 1.15 bits per heavy atom. The SMILES string of the molecule is CON(C)S(=O)(=O)c1cccc(C(=O)Nc2ccc(OC(F)F)cc2)c1. The smallest absolute Gasteiger partial charge is 0.387 e. The van der Waals surface area contributed by atoms with Gasteiger partial charge in [-0.2, -0.15) is 8.78 Å². The summed E-state index contributed by atoms with van der Waals surface area (Å²) in [5.41, 5.74) is 0.433. The molecule has 10 heteroatoms. The molecule has 26 heavy (non-hydrogen) atoms. The average Bonchev–Trinajstić information content (AvgIpc) is 2.62. The number of nitrogens with zero attached hydrogens (tertiary/aromatic N) is 1. The molecule has 2 aromatic rings. The Balaban J connectivity index is 2.16. The van der Waals surface area contributed by atoms with Gasteiger partial charge in [-0.15, -0.1) is 0 Å². The van der Waals surface area contributed by atoms with Crippen molar-refractivity contribution in [1.82, 2.24) is 4.47 Å². The zero-order valence-electron chi connectivity index (χ0n) is 13.8. The molecule has 0 aromatic heterocycles. The van der Waals surface area contributed by atoms with Crippen molar-refractivity contribution < 1.29 is 31.6 Å². The van der Waals surface area contributed by atoms with Crippen LogP contribution in [0, 0.1) is 0 Å². The van der Waals surface area contributed by atoms with E-state index in [1.807, 2.05) is 0 Å². The molecule has 0 saturated heterocycles. The Labute approximate surface area is 149 Å². The van der Waals surface area contributed by atoms with Crippen molar-refractivity contribution in [3.05, 3.63) is 54.1 Å². The number of ether oxygens (including phenoxy) is 1. The highest BCUT2D eigenvalue weighted by Gasteiger charge is 2.22. The first-order valence-corrected chi connectivity index (χ1v) is 8.67. The lowest BCUT2D eigenvalue weighted by Gasteiger charge is -2.14. The highest BCUT2D eigenvalue weighted by atomic mass is 32.2. The Bertz CT molecular complexity index is 872. The number of amides is 1. The first-order valence-electron chi connectivity index (χ1n) is 7.23. The van der Waals surface area contributed by atoms with Gasteiger partial charge in [0.25, 0.3) is 15.9 Å². The van der Waals surface area contributed by atoms with E-state index in [1.165, 1.54) is 62.7 Å². The number of halogens is 2. The van der Waals surface area contributed by atoms with E-state index < -0.39 is 22.5 Å². The van der Waals surface area contributed by atoms with E-state index in [1.54, 1.807) is 0 Å². The van der Waals surface area contributed by atoms with Crippen LogP contribution in [0.15, 0.2) is 53.4 Å². The monoisotopic (exact) mass is 386 g/mol. The van der Waals surface area contributed by atoms with Gasteiger partial charge in [-0.3, -0.25) is 9.63 Å². The number of nitrogens with one attached hydrogen (secondary N) is 1. The van der Waals surface area contributed by atoms with E-state index in [9.17, 15) is 22.0 Å². The lowest BCUT2D eigenvalue weighted by atomic mass is 10.2. The number of rotatable bonds is 7. The molecule has 0 aliphatic heterocycles. The largest absolute Gasteiger partial charge is 0.435 e. The van der Waals surface area contributed by atoms with Crippen LogP contribution in [0.1, 0.15) is 10.4 Å². The van der Waals surface area contributed by atoms with Crippen molar-refractivity contribution in [2.24, 2.45) is 0 Å². The summed E-state index contributed by atoms with van der Waals surface area (Å²) in [4.78, 5) is 16.9. The summed E-state index contributed by atoms with van der Waals surface area (Å²) in [5.74, 6) is -0.613. The van der Waals surface area contributed by atoms with Gasteiger partial charge in [0.2, 0.25) is 0 Å². The molecule has 0 radical (unpaired) electrons. The normalized spacial score (nSPS) is 11.6. The molecule has 0 atom stereocenters. The van der Waals surface area contributed by atoms with Gasteiger partial charge in [-0.1, -0.05) is 10.5 Å². The number of anilines is 1. The van der Waals surface area contributed by atoms with E-state index in [2.05, 4.69) is 14.9 Å². The summed E-state index contributed by atoms with van der Waals surface area (Å²) in [6.07, 6.45) is 0. The number of carbonyl (C=O) groups excluding carboxylic acids is 1. The molecule has 2 aromatic carbocycles. The third kappa shape index (κ3) is 4.75. The van der Waals surface area contributed by atoms with E-state index in [-0.39, 0.29) is 16.2 Å². The third-order valence-corrected chi connectivity index (χ3v) is 5.00.